The molecule has 2 aliphatic rings. The van der Waals surface area contributed by atoms with Crippen molar-refractivity contribution in [3.05, 3.63) is 0 Å². The Hall–Kier alpha value is -0.950. The van der Waals surface area contributed by atoms with E-state index in [0.717, 1.165) is 63.8 Å². The molecule has 0 bridgehead atoms. The van der Waals surface area contributed by atoms with Crippen molar-refractivity contribution in [1.29, 1.82) is 0 Å². The average molecular weight is 343 g/mol. The van der Waals surface area contributed by atoms with Gasteiger partial charge in [-0.25, -0.2) is 4.79 Å². The fraction of sp³-hybridized carbons (Fsp3) is 0.875. The van der Waals surface area contributed by atoms with Gasteiger partial charge in [-0.2, -0.15) is 11.8 Å². The molecule has 2 unspecified atom stereocenters. The summed E-state index contributed by atoms with van der Waals surface area (Å²) in [5.74, 6) is 1.16. The van der Waals surface area contributed by atoms with Crippen molar-refractivity contribution in [1.82, 2.24) is 16.0 Å². The zero-order valence-corrected chi connectivity index (χ0v) is 14.6. The lowest BCUT2D eigenvalue weighted by Gasteiger charge is -2.16. The van der Waals surface area contributed by atoms with Crippen molar-refractivity contribution in [2.24, 2.45) is 5.73 Å². The van der Waals surface area contributed by atoms with E-state index in [1.807, 2.05) is 11.8 Å². The van der Waals surface area contributed by atoms with E-state index in [4.69, 9.17) is 5.73 Å². The minimum Gasteiger partial charge on any atom is -0.356 e. The summed E-state index contributed by atoms with van der Waals surface area (Å²) in [5.41, 5.74) is 5.44. The number of thioether (sulfide) groups is 1. The summed E-state index contributed by atoms with van der Waals surface area (Å²) in [5, 5.41) is 9.44. The van der Waals surface area contributed by atoms with Crippen LogP contribution >= 0.6 is 11.8 Å². The van der Waals surface area contributed by atoms with Crippen LogP contribution in [-0.2, 0) is 4.79 Å². The summed E-state index contributed by atoms with van der Waals surface area (Å²) < 4.78 is 0. The van der Waals surface area contributed by atoms with Crippen LogP contribution in [0.1, 0.15) is 51.4 Å². The van der Waals surface area contributed by atoms with Crippen molar-refractivity contribution >= 4 is 23.7 Å². The highest BCUT2D eigenvalue weighted by Crippen LogP contribution is 2.33. The highest BCUT2D eigenvalue weighted by molar-refractivity contribution is 8.00. The van der Waals surface area contributed by atoms with E-state index in [0.29, 0.717) is 17.7 Å². The monoisotopic (exact) mass is 342 g/mol. The molecular weight excluding hydrogens is 312 g/mol. The number of hydrogen-bond acceptors (Lipinski definition) is 4. The lowest BCUT2D eigenvalue weighted by atomic mass is 10.0. The fourth-order valence-corrected chi connectivity index (χ4v) is 4.76. The van der Waals surface area contributed by atoms with Crippen molar-refractivity contribution in [2.75, 3.05) is 18.8 Å². The molecule has 132 valence electrons. The Kier molecular flexibility index (Phi) is 8.02. The van der Waals surface area contributed by atoms with Crippen LogP contribution in [0.2, 0.25) is 0 Å². The van der Waals surface area contributed by atoms with E-state index in [1.54, 1.807) is 0 Å². The summed E-state index contributed by atoms with van der Waals surface area (Å²) in [6.07, 6.45) is 8.05. The van der Waals surface area contributed by atoms with Gasteiger partial charge >= 0.3 is 6.03 Å². The molecule has 0 spiro atoms. The maximum atomic E-state index is 11.8. The molecule has 2 aliphatic heterocycles. The maximum absolute atomic E-state index is 11.8. The number of carbonyl (C=O) groups excluding carboxylic acids is 2. The van der Waals surface area contributed by atoms with Gasteiger partial charge in [0.1, 0.15) is 0 Å². The van der Waals surface area contributed by atoms with Crippen molar-refractivity contribution < 1.29 is 9.59 Å². The first-order valence-electron chi connectivity index (χ1n) is 8.86. The van der Waals surface area contributed by atoms with E-state index in [2.05, 4.69) is 16.0 Å². The number of rotatable bonds is 11. The van der Waals surface area contributed by atoms with Crippen LogP contribution in [0.4, 0.5) is 4.79 Å². The van der Waals surface area contributed by atoms with E-state index in [-0.39, 0.29) is 18.0 Å². The Morgan fingerprint density at radius 2 is 2.00 bits per heavy atom. The summed E-state index contributed by atoms with van der Waals surface area (Å²) in [7, 11) is 0. The molecule has 0 aromatic heterocycles. The number of amides is 3. The van der Waals surface area contributed by atoms with Gasteiger partial charge in [0, 0.05) is 24.0 Å². The van der Waals surface area contributed by atoms with Gasteiger partial charge in [0.2, 0.25) is 5.91 Å². The van der Waals surface area contributed by atoms with Gasteiger partial charge in [0.15, 0.2) is 0 Å². The molecule has 2 fully saturated rings. The first-order chi connectivity index (χ1) is 11.2. The second-order valence-corrected chi connectivity index (χ2v) is 7.69. The molecule has 2 heterocycles. The number of carbonyl (C=O) groups is 2. The Morgan fingerprint density at radius 3 is 2.83 bits per heavy atom. The van der Waals surface area contributed by atoms with Crippen molar-refractivity contribution in [3.63, 3.8) is 0 Å². The van der Waals surface area contributed by atoms with Gasteiger partial charge in [0.05, 0.1) is 12.1 Å². The Bertz CT molecular complexity index is 394. The molecule has 0 aromatic rings. The second kappa shape index (κ2) is 10.0. The Balaban J connectivity index is 1.46. The largest absolute Gasteiger partial charge is 0.356 e. The van der Waals surface area contributed by atoms with Gasteiger partial charge in [-0.3, -0.25) is 4.79 Å². The molecule has 0 radical (unpaired) electrons. The van der Waals surface area contributed by atoms with Gasteiger partial charge in [0.25, 0.3) is 0 Å². The lowest BCUT2D eigenvalue weighted by Crippen LogP contribution is -2.36. The SMILES string of the molecule is NCCCCCCNC(=O)CCCCC1SCC2NC(=O)N[C@@H]21. The molecule has 0 aliphatic carbocycles. The average Bonchev–Trinajstić information content (AvgIpc) is 3.07. The molecule has 3 atom stereocenters. The fourth-order valence-electron chi connectivity index (χ4n) is 3.21. The summed E-state index contributed by atoms with van der Waals surface area (Å²) in [4.78, 5) is 23.1. The third-order valence-electron chi connectivity index (χ3n) is 4.53. The molecule has 5 N–H and O–H groups in total. The van der Waals surface area contributed by atoms with E-state index < -0.39 is 0 Å². The van der Waals surface area contributed by atoms with Crippen LogP contribution < -0.4 is 21.7 Å². The van der Waals surface area contributed by atoms with E-state index in [1.165, 1.54) is 0 Å². The number of nitrogens with one attached hydrogen (secondary N) is 3. The summed E-state index contributed by atoms with van der Waals surface area (Å²) in [6.45, 7) is 1.54. The molecule has 2 saturated heterocycles. The second-order valence-electron chi connectivity index (χ2n) is 6.42. The number of urea groups is 1. The summed E-state index contributed by atoms with van der Waals surface area (Å²) >= 11 is 1.93. The minimum atomic E-state index is -0.0314. The highest BCUT2D eigenvalue weighted by Gasteiger charge is 2.42. The van der Waals surface area contributed by atoms with Crippen molar-refractivity contribution in [2.45, 2.75) is 68.7 Å². The number of hydrogen-bond donors (Lipinski definition) is 4. The van der Waals surface area contributed by atoms with Gasteiger partial charge < -0.3 is 21.7 Å². The molecule has 7 heteroatoms. The van der Waals surface area contributed by atoms with E-state index in [9.17, 15) is 9.59 Å². The highest BCUT2D eigenvalue weighted by atomic mass is 32.2. The maximum Gasteiger partial charge on any atom is 0.315 e. The molecule has 23 heavy (non-hydrogen) atoms. The third kappa shape index (κ3) is 6.22. The molecule has 6 nitrogen and oxygen atoms in total. The third-order valence-corrected chi connectivity index (χ3v) is 6.04. The topological polar surface area (TPSA) is 96.2 Å². The van der Waals surface area contributed by atoms with Gasteiger partial charge in [-0.05, 0) is 32.2 Å². The first kappa shape index (κ1) is 18.4. The first-order valence-corrected chi connectivity index (χ1v) is 9.91. The van der Waals surface area contributed by atoms with Crippen LogP contribution in [0.5, 0.6) is 0 Å². The van der Waals surface area contributed by atoms with Crippen LogP contribution in [0.15, 0.2) is 0 Å². The molecule has 2 rings (SSSR count). The van der Waals surface area contributed by atoms with Crippen LogP contribution in [0.25, 0.3) is 0 Å². The molecular formula is C16H30N4O2S. The smallest absolute Gasteiger partial charge is 0.315 e. The Labute approximate surface area is 143 Å². The van der Waals surface area contributed by atoms with Crippen molar-refractivity contribution in [3.8, 4) is 0 Å². The predicted octanol–water partition coefficient (Wildman–Crippen LogP) is 1.35. The minimum absolute atomic E-state index is 0.0314. The molecule has 0 saturated carbocycles. The van der Waals surface area contributed by atoms with Crippen LogP contribution in [0, 0.1) is 0 Å². The van der Waals surface area contributed by atoms with Crippen LogP contribution in [0.3, 0.4) is 0 Å². The van der Waals surface area contributed by atoms with Crippen LogP contribution in [-0.4, -0.2) is 48.1 Å². The summed E-state index contributed by atoms with van der Waals surface area (Å²) in [6, 6.07) is 0.533. The molecule has 3 amide bonds. The number of unbranched alkanes of at least 4 members (excludes halogenated alkanes) is 4. The Morgan fingerprint density at radius 1 is 1.17 bits per heavy atom. The predicted molar refractivity (Wildman–Crippen MR) is 94.5 cm³/mol. The quantitative estimate of drug-likeness (QED) is 0.337. The van der Waals surface area contributed by atoms with Gasteiger partial charge in [-0.15, -0.1) is 0 Å². The standard InChI is InChI=1S/C16H30N4O2S/c17-9-5-1-2-6-10-18-14(21)8-4-3-7-13-15-12(11-23-13)19-16(22)20-15/h12-13,15H,1-11,17H2,(H,18,21)(H2,19,20,22)/t12?,13?,15-/m0/s1. The zero-order valence-electron chi connectivity index (χ0n) is 13.8. The normalized spacial score (nSPS) is 25.8. The molecule has 0 aromatic carbocycles. The number of fused-ring (bicyclic) bond motifs is 1. The van der Waals surface area contributed by atoms with E-state index >= 15 is 0 Å². The zero-order chi connectivity index (χ0) is 16.5. The van der Waals surface area contributed by atoms with Gasteiger partial charge in [-0.1, -0.05) is 19.3 Å². The lowest BCUT2D eigenvalue weighted by molar-refractivity contribution is -0.121. The number of nitrogens with two attached hydrogens (primary N) is 1.